The second-order valence-corrected chi connectivity index (χ2v) is 6.65. The summed E-state index contributed by atoms with van der Waals surface area (Å²) in [6.45, 7) is 5.29. The molecule has 3 rings (SSSR count). The van der Waals surface area contributed by atoms with E-state index in [0.717, 1.165) is 5.41 Å². The highest BCUT2D eigenvalue weighted by Crippen LogP contribution is 2.15. The topological polar surface area (TPSA) is 93.0 Å². The minimum absolute atomic E-state index is 0.0174. The van der Waals surface area contributed by atoms with E-state index in [0.29, 0.717) is 0 Å². The van der Waals surface area contributed by atoms with Crippen molar-refractivity contribution >= 4 is 26.8 Å². The summed E-state index contributed by atoms with van der Waals surface area (Å²) in [6, 6.07) is 11.8. The predicted octanol–water partition coefficient (Wildman–Crippen LogP) is 2.62. The van der Waals surface area contributed by atoms with Gasteiger partial charge in [0.2, 0.25) is 5.91 Å². The number of amides is 1. The van der Waals surface area contributed by atoms with Crippen molar-refractivity contribution in [2.75, 3.05) is 0 Å². The molecule has 3 N–H and O–H groups in total. The largest absolute Gasteiger partial charge is 0.366 e. The quantitative estimate of drug-likeness (QED) is 0.778. The van der Waals surface area contributed by atoms with Crippen LogP contribution >= 0.6 is 0 Å². The first kappa shape index (κ1) is 15.8. The highest BCUT2D eigenvalue weighted by molar-refractivity contribution is 7.94. The van der Waals surface area contributed by atoms with Gasteiger partial charge >= 0.3 is 0 Å². The van der Waals surface area contributed by atoms with E-state index in [4.69, 9.17) is 5.73 Å². The lowest BCUT2D eigenvalue weighted by molar-refractivity contribution is 0.1000. The number of fused-ring (bicyclic) bond motifs is 2. The second-order valence-electron chi connectivity index (χ2n) is 4.76. The standard InChI is InChI=1S/C9H9NO3S.C7H7N/c1-2-14(12,13)8-5-3-4-7(6-8)9(10)11;1-5-4-6-2-3-7(5)8-6/h2-6H,1H2,(H2,10,11);2-4,8H,1H3. The van der Waals surface area contributed by atoms with E-state index in [1.165, 1.54) is 40.9 Å². The molecule has 22 heavy (non-hydrogen) atoms. The summed E-state index contributed by atoms with van der Waals surface area (Å²) in [5, 5.41) is 0.826. The van der Waals surface area contributed by atoms with E-state index in [1.807, 2.05) is 0 Å². The summed E-state index contributed by atoms with van der Waals surface area (Å²) in [6.07, 6.45) is 0. The normalized spacial score (nSPS) is 11.0. The lowest BCUT2D eigenvalue weighted by Gasteiger charge is -2.00. The van der Waals surface area contributed by atoms with Crippen LogP contribution < -0.4 is 5.73 Å². The van der Waals surface area contributed by atoms with Crippen molar-refractivity contribution in [1.82, 2.24) is 4.98 Å². The average Bonchev–Trinajstić information content (AvgIpc) is 3.10. The Balaban J connectivity index is 0.000000183. The van der Waals surface area contributed by atoms with Crippen LogP contribution in [0.1, 0.15) is 15.9 Å². The van der Waals surface area contributed by atoms with Crippen molar-refractivity contribution in [2.24, 2.45) is 5.73 Å². The van der Waals surface area contributed by atoms with Crippen LogP contribution in [0.4, 0.5) is 0 Å². The molecule has 2 heterocycles. The lowest BCUT2D eigenvalue weighted by Crippen LogP contribution is -2.11. The Morgan fingerprint density at radius 3 is 2.36 bits per heavy atom. The molecular formula is C16H16N2O3S. The highest BCUT2D eigenvalue weighted by atomic mass is 32.2. The van der Waals surface area contributed by atoms with Crippen LogP contribution in [0.15, 0.2) is 59.3 Å². The van der Waals surface area contributed by atoms with Crippen LogP contribution in [-0.4, -0.2) is 19.3 Å². The second kappa shape index (κ2) is 6.03. The van der Waals surface area contributed by atoms with Gasteiger partial charge in [-0.25, -0.2) is 8.42 Å². The molecule has 0 aliphatic heterocycles. The van der Waals surface area contributed by atoms with Gasteiger partial charge in [-0.05, 0) is 48.9 Å². The molecule has 0 saturated carbocycles. The number of rotatable bonds is 3. The number of H-pyrrole nitrogens is 1. The number of carbonyl (C=O) groups excluding carboxylic acids is 1. The summed E-state index contributed by atoms with van der Waals surface area (Å²) in [7, 11) is -3.50. The molecule has 6 heteroatoms. The molecule has 0 aliphatic carbocycles. The summed E-state index contributed by atoms with van der Waals surface area (Å²) in [5.41, 5.74) is 9.02. The van der Waals surface area contributed by atoms with Crippen molar-refractivity contribution in [1.29, 1.82) is 0 Å². The van der Waals surface area contributed by atoms with Crippen molar-refractivity contribution in [3.05, 3.63) is 65.6 Å². The molecule has 0 atom stereocenters. The molecule has 114 valence electrons. The first-order valence-electron chi connectivity index (χ1n) is 6.48. The zero-order chi connectivity index (χ0) is 16.3. The first-order chi connectivity index (χ1) is 10.3. The van der Waals surface area contributed by atoms with E-state index in [-0.39, 0.29) is 10.5 Å². The zero-order valence-corrected chi connectivity index (χ0v) is 12.9. The smallest absolute Gasteiger partial charge is 0.248 e. The molecule has 1 amide bonds. The summed E-state index contributed by atoms with van der Waals surface area (Å²) >= 11 is 0. The number of nitrogens with two attached hydrogens (primary N) is 1. The molecule has 0 unspecified atom stereocenters. The minimum atomic E-state index is -3.50. The number of hydrogen-bond donors (Lipinski definition) is 2. The van der Waals surface area contributed by atoms with Gasteiger partial charge in [0.1, 0.15) is 0 Å². The number of aromatic amines is 1. The number of hydrogen-bond acceptors (Lipinski definition) is 3. The number of carbonyl (C=O) groups is 1. The number of aryl methyl sites for hydroxylation is 1. The number of primary amides is 1. The molecular weight excluding hydrogens is 300 g/mol. The summed E-state index contributed by atoms with van der Waals surface area (Å²) in [4.78, 5) is 14.0. The van der Waals surface area contributed by atoms with Crippen LogP contribution in [0.3, 0.4) is 0 Å². The van der Waals surface area contributed by atoms with Gasteiger partial charge in [0.05, 0.1) is 4.90 Å². The van der Waals surface area contributed by atoms with Gasteiger partial charge in [0.15, 0.2) is 9.84 Å². The molecule has 0 fully saturated rings. The maximum Gasteiger partial charge on any atom is 0.248 e. The van der Waals surface area contributed by atoms with E-state index < -0.39 is 15.7 Å². The molecule has 0 spiro atoms. The molecule has 3 aromatic rings. The van der Waals surface area contributed by atoms with Gasteiger partial charge in [-0.2, -0.15) is 0 Å². The Hall–Kier alpha value is -2.60. The van der Waals surface area contributed by atoms with Crippen molar-refractivity contribution < 1.29 is 13.2 Å². The number of benzene rings is 2. The maximum absolute atomic E-state index is 11.3. The van der Waals surface area contributed by atoms with Gasteiger partial charge in [-0.15, -0.1) is 0 Å². The number of aromatic nitrogens is 1. The zero-order valence-electron chi connectivity index (χ0n) is 12.0. The summed E-state index contributed by atoms with van der Waals surface area (Å²) in [5.74, 6) is -0.661. The van der Waals surface area contributed by atoms with Crippen LogP contribution in [0, 0.1) is 6.92 Å². The van der Waals surface area contributed by atoms with Gasteiger partial charge in [0, 0.05) is 22.0 Å². The monoisotopic (exact) mass is 316 g/mol. The van der Waals surface area contributed by atoms with Crippen LogP contribution in [0.25, 0.3) is 11.0 Å². The Morgan fingerprint density at radius 2 is 1.95 bits per heavy atom. The molecule has 0 radical (unpaired) electrons. The Labute approximate surface area is 128 Å². The van der Waals surface area contributed by atoms with Gasteiger partial charge in [0.25, 0.3) is 0 Å². The van der Waals surface area contributed by atoms with Crippen molar-refractivity contribution in [3.63, 3.8) is 0 Å². The molecule has 0 aliphatic rings. The average molecular weight is 316 g/mol. The molecule has 2 aromatic heterocycles. The Morgan fingerprint density at radius 1 is 1.23 bits per heavy atom. The predicted molar refractivity (Wildman–Crippen MR) is 86.6 cm³/mol. The van der Waals surface area contributed by atoms with Crippen molar-refractivity contribution in [3.8, 4) is 0 Å². The third kappa shape index (κ3) is 3.35. The molecule has 5 nitrogen and oxygen atoms in total. The number of sulfone groups is 1. The van der Waals surface area contributed by atoms with Crippen LogP contribution in [0.2, 0.25) is 0 Å². The molecule has 0 saturated heterocycles. The fourth-order valence-electron chi connectivity index (χ4n) is 1.96. The number of nitrogens with one attached hydrogen (secondary N) is 1. The van der Waals surface area contributed by atoms with Gasteiger partial charge < -0.3 is 10.7 Å². The highest BCUT2D eigenvalue weighted by Gasteiger charge is 2.11. The molecule has 1 aromatic carbocycles. The van der Waals surface area contributed by atoms with Crippen LogP contribution in [-0.2, 0) is 9.84 Å². The third-order valence-electron chi connectivity index (χ3n) is 3.17. The Bertz CT molecular complexity index is 910. The van der Waals surface area contributed by atoms with E-state index in [2.05, 4.69) is 36.7 Å². The van der Waals surface area contributed by atoms with E-state index in [9.17, 15) is 13.2 Å². The minimum Gasteiger partial charge on any atom is -0.366 e. The molecule has 2 bridgehead atoms. The third-order valence-corrected chi connectivity index (χ3v) is 4.52. The van der Waals surface area contributed by atoms with Crippen molar-refractivity contribution in [2.45, 2.75) is 11.8 Å². The Kier molecular flexibility index (Phi) is 4.32. The van der Waals surface area contributed by atoms with Gasteiger partial charge in [-0.3, -0.25) is 4.79 Å². The fraction of sp³-hybridized carbons (Fsp3) is 0.0625. The maximum atomic E-state index is 11.3. The fourth-order valence-corrected chi connectivity index (χ4v) is 2.71. The lowest BCUT2D eigenvalue weighted by atomic mass is 10.2. The first-order valence-corrected chi connectivity index (χ1v) is 8.03. The van der Waals surface area contributed by atoms with E-state index >= 15 is 0 Å². The van der Waals surface area contributed by atoms with Crippen LogP contribution in [0.5, 0.6) is 0 Å². The van der Waals surface area contributed by atoms with E-state index in [1.54, 1.807) is 0 Å². The SMILES string of the molecule is C=CS(=O)(=O)c1cccc(C(N)=O)c1.Cc1cc2ccc1[nH]2. The summed E-state index contributed by atoms with van der Waals surface area (Å²) < 4.78 is 22.6. The van der Waals surface area contributed by atoms with Gasteiger partial charge in [-0.1, -0.05) is 12.6 Å².